The van der Waals surface area contributed by atoms with E-state index in [4.69, 9.17) is 9.47 Å². The lowest BCUT2D eigenvalue weighted by molar-refractivity contribution is -0.136. The highest BCUT2D eigenvalue weighted by Crippen LogP contribution is 2.34. The Morgan fingerprint density at radius 2 is 2.20 bits per heavy atom. The van der Waals surface area contributed by atoms with Gasteiger partial charge in [-0.1, -0.05) is 23.8 Å². The molecular formula is C28H38N2O4S. The number of rotatable bonds is 12. The minimum absolute atomic E-state index is 0.0771. The molecule has 1 saturated heterocycles. The van der Waals surface area contributed by atoms with Crippen molar-refractivity contribution in [2.45, 2.75) is 57.3 Å². The zero-order chi connectivity index (χ0) is 24.6. The maximum Gasteiger partial charge on any atom is 0.237 e. The highest BCUT2D eigenvalue weighted by molar-refractivity contribution is 7.10. The second-order valence-corrected chi connectivity index (χ2v) is 10.6. The zero-order valence-electron chi connectivity index (χ0n) is 20.7. The number of hydrogen-bond donors (Lipinski definition) is 1. The van der Waals surface area contributed by atoms with Crippen molar-refractivity contribution < 1.29 is 19.4 Å². The molecule has 35 heavy (non-hydrogen) atoms. The van der Waals surface area contributed by atoms with Gasteiger partial charge < -0.3 is 19.5 Å². The van der Waals surface area contributed by atoms with Crippen LogP contribution in [0.2, 0.25) is 0 Å². The minimum atomic E-state index is -0.493. The van der Waals surface area contributed by atoms with Crippen molar-refractivity contribution in [1.82, 2.24) is 9.80 Å². The van der Waals surface area contributed by atoms with Crippen LogP contribution in [0.25, 0.3) is 0 Å². The maximum atomic E-state index is 13.7. The normalized spacial score (nSPS) is 20.6. The third-order valence-corrected chi connectivity index (χ3v) is 7.86. The van der Waals surface area contributed by atoms with Crippen molar-refractivity contribution in [3.63, 3.8) is 0 Å². The zero-order valence-corrected chi connectivity index (χ0v) is 21.5. The van der Waals surface area contributed by atoms with Crippen molar-refractivity contribution in [3.05, 3.63) is 64.4 Å². The Labute approximate surface area is 213 Å². The van der Waals surface area contributed by atoms with Gasteiger partial charge in [0.15, 0.2) is 0 Å². The number of aliphatic hydroxyl groups excluding tert-OH is 1. The SMILES string of the molecule is C=CCC[C@H](O)CN(CC(=O)N1CCc2sccc2[C@H]1COc1ccc(C)cc1)C[C@@H]1CCCO1. The third-order valence-electron chi connectivity index (χ3n) is 6.86. The van der Waals surface area contributed by atoms with Crippen LogP contribution in [0.15, 0.2) is 48.4 Å². The highest BCUT2D eigenvalue weighted by Gasteiger charge is 2.33. The molecule has 0 radical (unpaired) electrons. The summed E-state index contributed by atoms with van der Waals surface area (Å²) in [6.45, 7) is 9.08. The summed E-state index contributed by atoms with van der Waals surface area (Å²) in [5.41, 5.74) is 2.38. The van der Waals surface area contributed by atoms with Crippen molar-refractivity contribution in [3.8, 4) is 5.75 Å². The first-order valence-electron chi connectivity index (χ1n) is 12.7. The fourth-order valence-corrected chi connectivity index (χ4v) is 5.87. The summed E-state index contributed by atoms with van der Waals surface area (Å²) in [6, 6.07) is 10.0. The lowest BCUT2D eigenvalue weighted by Crippen LogP contribution is -2.49. The fourth-order valence-electron chi connectivity index (χ4n) is 4.95. The van der Waals surface area contributed by atoms with Gasteiger partial charge in [-0.25, -0.2) is 0 Å². The summed E-state index contributed by atoms with van der Waals surface area (Å²) in [6.07, 6.45) is 5.78. The van der Waals surface area contributed by atoms with Gasteiger partial charge in [0.25, 0.3) is 0 Å². The van der Waals surface area contributed by atoms with Crippen LogP contribution in [0.3, 0.4) is 0 Å². The van der Waals surface area contributed by atoms with E-state index in [2.05, 4.69) is 29.8 Å². The lowest BCUT2D eigenvalue weighted by atomic mass is 10.00. The number of allylic oxidation sites excluding steroid dienone is 1. The van der Waals surface area contributed by atoms with Crippen molar-refractivity contribution in [2.24, 2.45) is 0 Å². The van der Waals surface area contributed by atoms with E-state index in [1.165, 1.54) is 16.0 Å². The number of ether oxygens (including phenoxy) is 2. The molecule has 2 aromatic rings. The summed E-state index contributed by atoms with van der Waals surface area (Å²) in [7, 11) is 0. The molecule has 2 aliphatic rings. The number of aryl methyl sites for hydroxylation is 1. The van der Waals surface area contributed by atoms with Gasteiger partial charge in [-0.3, -0.25) is 9.69 Å². The van der Waals surface area contributed by atoms with Crippen molar-refractivity contribution >= 4 is 17.2 Å². The van der Waals surface area contributed by atoms with Crippen LogP contribution < -0.4 is 4.74 Å². The third kappa shape index (κ3) is 7.17. The van der Waals surface area contributed by atoms with E-state index < -0.39 is 6.10 Å². The molecule has 1 aromatic carbocycles. The summed E-state index contributed by atoms with van der Waals surface area (Å²) >= 11 is 1.76. The largest absolute Gasteiger partial charge is 0.491 e. The molecule has 0 aliphatic carbocycles. The van der Waals surface area contributed by atoms with Crippen molar-refractivity contribution in [2.75, 3.05) is 39.4 Å². The predicted molar refractivity (Wildman–Crippen MR) is 140 cm³/mol. The number of hydrogen-bond acceptors (Lipinski definition) is 6. The maximum absolute atomic E-state index is 13.7. The molecular weight excluding hydrogens is 460 g/mol. The summed E-state index contributed by atoms with van der Waals surface area (Å²) in [5.74, 6) is 0.893. The summed E-state index contributed by atoms with van der Waals surface area (Å²) < 4.78 is 12.0. The minimum Gasteiger partial charge on any atom is -0.491 e. The first-order valence-corrected chi connectivity index (χ1v) is 13.6. The molecule has 6 nitrogen and oxygen atoms in total. The summed E-state index contributed by atoms with van der Waals surface area (Å²) in [4.78, 5) is 19.1. The van der Waals surface area contributed by atoms with E-state index in [-0.39, 0.29) is 24.6 Å². The molecule has 4 rings (SSSR count). The average Bonchev–Trinajstić information content (AvgIpc) is 3.54. The van der Waals surface area contributed by atoms with Gasteiger partial charge in [0.1, 0.15) is 12.4 Å². The number of amides is 1. The summed E-state index contributed by atoms with van der Waals surface area (Å²) in [5, 5.41) is 12.7. The van der Waals surface area contributed by atoms with Crippen LogP contribution in [0, 0.1) is 6.92 Å². The number of carbonyl (C=O) groups is 1. The van der Waals surface area contributed by atoms with E-state index in [0.29, 0.717) is 32.7 Å². The Bertz CT molecular complexity index is 954. The van der Waals surface area contributed by atoms with Gasteiger partial charge >= 0.3 is 0 Å². The Balaban J connectivity index is 1.45. The molecule has 1 amide bonds. The van der Waals surface area contributed by atoms with Gasteiger partial charge in [0, 0.05) is 31.1 Å². The van der Waals surface area contributed by atoms with Crippen LogP contribution in [-0.4, -0.2) is 72.4 Å². The first-order chi connectivity index (χ1) is 17.0. The van der Waals surface area contributed by atoms with Crippen LogP contribution >= 0.6 is 11.3 Å². The van der Waals surface area contributed by atoms with Crippen LogP contribution in [-0.2, 0) is 16.0 Å². The first kappa shape index (κ1) is 25.9. The molecule has 0 unspecified atom stereocenters. The molecule has 7 heteroatoms. The monoisotopic (exact) mass is 498 g/mol. The molecule has 0 saturated carbocycles. The smallest absolute Gasteiger partial charge is 0.237 e. The van der Waals surface area contributed by atoms with E-state index in [0.717, 1.165) is 38.0 Å². The second kappa shape index (κ2) is 12.7. The van der Waals surface area contributed by atoms with E-state index in [1.807, 2.05) is 35.2 Å². The van der Waals surface area contributed by atoms with Gasteiger partial charge in [0.05, 0.1) is 24.8 Å². The van der Waals surface area contributed by atoms with Crippen LogP contribution in [0.4, 0.5) is 0 Å². The van der Waals surface area contributed by atoms with Crippen LogP contribution in [0.5, 0.6) is 5.75 Å². The molecule has 3 atom stereocenters. The number of nitrogens with zero attached hydrogens (tertiary/aromatic N) is 2. The number of benzene rings is 1. The molecule has 0 bridgehead atoms. The Morgan fingerprint density at radius 1 is 1.37 bits per heavy atom. The van der Waals surface area contributed by atoms with Gasteiger partial charge in [-0.15, -0.1) is 17.9 Å². The highest BCUT2D eigenvalue weighted by atomic mass is 32.1. The van der Waals surface area contributed by atoms with Gasteiger partial charge in [0.2, 0.25) is 5.91 Å². The van der Waals surface area contributed by atoms with Gasteiger partial charge in [-0.2, -0.15) is 0 Å². The van der Waals surface area contributed by atoms with Crippen LogP contribution in [0.1, 0.15) is 47.7 Å². The van der Waals surface area contributed by atoms with Gasteiger partial charge in [-0.05, 0) is 68.2 Å². The molecule has 3 heterocycles. The Hall–Kier alpha value is -2.19. The quantitative estimate of drug-likeness (QED) is 0.441. The number of aliphatic hydroxyl groups is 1. The Morgan fingerprint density at radius 3 is 2.94 bits per heavy atom. The molecule has 0 spiro atoms. The van der Waals surface area contributed by atoms with E-state index >= 15 is 0 Å². The molecule has 190 valence electrons. The molecule has 1 N–H and O–H groups in total. The lowest BCUT2D eigenvalue weighted by Gasteiger charge is -2.37. The average molecular weight is 499 g/mol. The number of carbonyl (C=O) groups excluding carboxylic acids is 1. The number of fused-ring (bicyclic) bond motifs is 1. The molecule has 1 fully saturated rings. The standard InChI is InChI=1S/C28H38N2O4S/c1-3-4-6-22(31)17-29(18-24-7-5-15-33-24)19-28(32)30-14-12-27-25(13-16-35-27)26(30)20-34-23-10-8-21(2)9-11-23/h3,8-11,13,16,22,24,26,31H,1,4-7,12,14-15,17-20H2,2H3/t22-,24-,26+/m0/s1. The number of thiophene rings is 1. The molecule has 2 aliphatic heterocycles. The Kier molecular flexibility index (Phi) is 9.38. The second-order valence-electron chi connectivity index (χ2n) is 9.63. The van der Waals surface area contributed by atoms with Crippen molar-refractivity contribution in [1.29, 1.82) is 0 Å². The molecule has 1 aromatic heterocycles. The topological polar surface area (TPSA) is 62.2 Å². The predicted octanol–water partition coefficient (Wildman–Crippen LogP) is 4.37. The van der Waals surface area contributed by atoms with E-state index in [1.54, 1.807) is 11.3 Å². The fraction of sp³-hybridized carbons (Fsp3) is 0.536. The van der Waals surface area contributed by atoms with E-state index in [9.17, 15) is 9.90 Å².